The first-order valence-electron chi connectivity index (χ1n) is 6.02. The highest BCUT2D eigenvalue weighted by Crippen LogP contribution is 2.09. The standard InChI is InChI=1S/C14H19N3O2/c1-10(2)17(9-13(16)18)14(19)7-6-11-4-3-5-12(15)8-11/h3-8,10H,9,15H2,1-2H3,(H2,16,18)/b7-6+. The number of hydrogen-bond acceptors (Lipinski definition) is 3. The maximum absolute atomic E-state index is 12.0. The Hall–Kier alpha value is -2.30. The number of primary amides is 1. The van der Waals surface area contributed by atoms with Crippen LogP contribution >= 0.6 is 0 Å². The average Bonchev–Trinajstić information content (AvgIpc) is 2.32. The lowest BCUT2D eigenvalue weighted by Crippen LogP contribution is -2.41. The molecule has 0 aromatic heterocycles. The summed E-state index contributed by atoms with van der Waals surface area (Å²) in [6, 6.07) is 7.09. The van der Waals surface area contributed by atoms with E-state index in [1.54, 1.807) is 18.2 Å². The Morgan fingerprint density at radius 1 is 1.37 bits per heavy atom. The highest BCUT2D eigenvalue weighted by molar-refractivity contribution is 5.94. The van der Waals surface area contributed by atoms with Crippen molar-refractivity contribution in [3.05, 3.63) is 35.9 Å². The number of amides is 2. The van der Waals surface area contributed by atoms with Crippen molar-refractivity contribution in [3.63, 3.8) is 0 Å². The van der Waals surface area contributed by atoms with Crippen LogP contribution in [0.1, 0.15) is 19.4 Å². The van der Waals surface area contributed by atoms with Gasteiger partial charge in [0.05, 0.1) is 6.54 Å². The smallest absolute Gasteiger partial charge is 0.247 e. The van der Waals surface area contributed by atoms with Gasteiger partial charge in [0.1, 0.15) is 0 Å². The summed E-state index contributed by atoms with van der Waals surface area (Å²) in [6.07, 6.45) is 3.08. The number of nitrogens with two attached hydrogens (primary N) is 2. The number of rotatable bonds is 5. The van der Waals surface area contributed by atoms with Gasteiger partial charge < -0.3 is 16.4 Å². The predicted molar refractivity (Wildman–Crippen MR) is 75.9 cm³/mol. The molecule has 0 unspecified atom stereocenters. The van der Waals surface area contributed by atoms with Crippen LogP contribution in [0.2, 0.25) is 0 Å². The molecular weight excluding hydrogens is 242 g/mol. The van der Waals surface area contributed by atoms with Crippen LogP contribution in [0, 0.1) is 0 Å². The van der Waals surface area contributed by atoms with E-state index in [-0.39, 0.29) is 18.5 Å². The van der Waals surface area contributed by atoms with E-state index in [2.05, 4.69) is 0 Å². The van der Waals surface area contributed by atoms with Gasteiger partial charge in [0.2, 0.25) is 11.8 Å². The van der Waals surface area contributed by atoms with E-state index in [0.29, 0.717) is 5.69 Å². The zero-order valence-corrected chi connectivity index (χ0v) is 11.2. The van der Waals surface area contributed by atoms with Gasteiger partial charge in [-0.3, -0.25) is 9.59 Å². The highest BCUT2D eigenvalue weighted by atomic mass is 16.2. The minimum atomic E-state index is -0.528. The molecule has 0 fully saturated rings. The Morgan fingerprint density at radius 2 is 2.05 bits per heavy atom. The topological polar surface area (TPSA) is 89.4 Å². The molecule has 0 aliphatic carbocycles. The van der Waals surface area contributed by atoms with Gasteiger partial charge in [0, 0.05) is 17.8 Å². The summed E-state index contributed by atoms with van der Waals surface area (Å²) in [5.41, 5.74) is 12.2. The number of carbonyl (C=O) groups is 2. The molecule has 0 bridgehead atoms. The lowest BCUT2D eigenvalue weighted by molar-refractivity contribution is -0.132. The minimum absolute atomic E-state index is 0.0855. The van der Waals surface area contributed by atoms with E-state index in [1.165, 1.54) is 11.0 Å². The van der Waals surface area contributed by atoms with Crippen molar-refractivity contribution in [3.8, 4) is 0 Å². The van der Waals surface area contributed by atoms with Crippen molar-refractivity contribution in [2.75, 3.05) is 12.3 Å². The zero-order valence-electron chi connectivity index (χ0n) is 11.2. The van der Waals surface area contributed by atoms with Crippen LogP contribution in [0.5, 0.6) is 0 Å². The van der Waals surface area contributed by atoms with Gasteiger partial charge in [-0.1, -0.05) is 12.1 Å². The van der Waals surface area contributed by atoms with E-state index in [4.69, 9.17) is 11.5 Å². The molecule has 1 rings (SSSR count). The first-order valence-corrected chi connectivity index (χ1v) is 6.02. The average molecular weight is 261 g/mol. The lowest BCUT2D eigenvalue weighted by Gasteiger charge is -2.23. The summed E-state index contributed by atoms with van der Waals surface area (Å²) in [5.74, 6) is -0.782. The summed E-state index contributed by atoms with van der Waals surface area (Å²) in [5, 5.41) is 0. The number of benzene rings is 1. The summed E-state index contributed by atoms with van der Waals surface area (Å²) in [7, 11) is 0. The van der Waals surface area contributed by atoms with Crippen molar-refractivity contribution in [2.45, 2.75) is 19.9 Å². The molecule has 0 saturated carbocycles. The Morgan fingerprint density at radius 3 is 2.58 bits per heavy atom. The van der Waals surface area contributed by atoms with Crippen molar-refractivity contribution >= 4 is 23.6 Å². The van der Waals surface area contributed by atoms with Crippen molar-refractivity contribution in [2.24, 2.45) is 5.73 Å². The molecule has 0 aliphatic rings. The van der Waals surface area contributed by atoms with Crippen LogP contribution in [0.15, 0.2) is 30.3 Å². The minimum Gasteiger partial charge on any atom is -0.399 e. The van der Waals surface area contributed by atoms with Gasteiger partial charge in [-0.2, -0.15) is 0 Å². The van der Waals surface area contributed by atoms with Crippen molar-refractivity contribution < 1.29 is 9.59 Å². The molecule has 0 spiro atoms. The van der Waals surface area contributed by atoms with Crippen LogP contribution in [-0.4, -0.2) is 29.3 Å². The summed E-state index contributed by atoms with van der Waals surface area (Å²) < 4.78 is 0. The third kappa shape index (κ3) is 4.83. The molecule has 4 N–H and O–H groups in total. The third-order valence-electron chi connectivity index (χ3n) is 2.56. The number of carbonyl (C=O) groups excluding carboxylic acids is 2. The summed E-state index contributed by atoms with van der Waals surface area (Å²) in [4.78, 5) is 24.3. The maximum Gasteiger partial charge on any atom is 0.247 e. The van der Waals surface area contributed by atoms with Crippen LogP contribution in [-0.2, 0) is 9.59 Å². The second kappa shape index (κ2) is 6.58. The fourth-order valence-electron chi connectivity index (χ4n) is 1.61. The molecule has 5 heteroatoms. The van der Waals surface area contributed by atoms with Gasteiger partial charge in [-0.05, 0) is 37.6 Å². The van der Waals surface area contributed by atoms with Gasteiger partial charge in [0.15, 0.2) is 0 Å². The van der Waals surface area contributed by atoms with E-state index in [1.807, 2.05) is 26.0 Å². The second-order valence-electron chi connectivity index (χ2n) is 4.53. The predicted octanol–water partition coefficient (Wildman–Crippen LogP) is 1.00. The molecule has 0 aliphatic heterocycles. The molecule has 0 radical (unpaired) electrons. The van der Waals surface area contributed by atoms with Crippen molar-refractivity contribution in [1.82, 2.24) is 4.90 Å². The van der Waals surface area contributed by atoms with E-state index >= 15 is 0 Å². The molecule has 1 aromatic rings. The zero-order chi connectivity index (χ0) is 14.4. The fraction of sp³-hybridized carbons (Fsp3) is 0.286. The first-order chi connectivity index (χ1) is 8.90. The third-order valence-corrected chi connectivity index (χ3v) is 2.56. The Bertz CT molecular complexity index is 495. The molecule has 1 aromatic carbocycles. The molecule has 0 atom stereocenters. The van der Waals surface area contributed by atoms with Crippen LogP contribution in [0.4, 0.5) is 5.69 Å². The SMILES string of the molecule is CC(C)N(CC(N)=O)C(=O)/C=C/c1cccc(N)c1. The molecule has 19 heavy (non-hydrogen) atoms. The number of anilines is 1. The molecule has 102 valence electrons. The maximum atomic E-state index is 12.0. The largest absolute Gasteiger partial charge is 0.399 e. The monoisotopic (exact) mass is 261 g/mol. The lowest BCUT2D eigenvalue weighted by atomic mass is 10.2. The summed E-state index contributed by atoms with van der Waals surface area (Å²) >= 11 is 0. The van der Waals surface area contributed by atoms with Gasteiger partial charge in [0.25, 0.3) is 0 Å². The quantitative estimate of drug-likeness (QED) is 0.612. The number of hydrogen-bond donors (Lipinski definition) is 2. The van der Waals surface area contributed by atoms with E-state index in [9.17, 15) is 9.59 Å². The van der Waals surface area contributed by atoms with E-state index < -0.39 is 5.91 Å². The van der Waals surface area contributed by atoms with Crippen LogP contribution in [0.3, 0.4) is 0 Å². The molecule has 0 heterocycles. The summed E-state index contributed by atoms with van der Waals surface area (Å²) in [6.45, 7) is 3.57. The molecule has 5 nitrogen and oxygen atoms in total. The molecule has 0 saturated heterocycles. The first kappa shape index (κ1) is 14.8. The van der Waals surface area contributed by atoms with Crippen LogP contribution in [0.25, 0.3) is 6.08 Å². The number of nitrogen functional groups attached to an aromatic ring is 1. The Labute approximate surface area is 112 Å². The van der Waals surface area contributed by atoms with Gasteiger partial charge >= 0.3 is 0 Å². The van der Waals surface area contributed by atoms with E-state index in [0.717, 1.165) is 5.56 Å². The van der Waals surface area contributed by atoms with Crippen LogP contribution < -0.4 is 11.5 Å². The molecular formula is C14H19N3O2. The van der Waals surface area contributed by atoms with Crippen molar-refractivity contribution in [1.29, 1.82) is 0 Å². The number of nitrogens with zero attached hydrogens (tertiary/aromatic N) is 1. The Kier molecular flexibility index (Phi) is 5.11. The molecule has 2 amide bonds. The van der Waals surface area contributed by atoms with Gasteiger partial charge in [-0.25, -0.2) is 0 Å². The second-order valence-corrected chi connectivity index (χ2v) is 4.53. The normalized spacial score (nSPS) is 10.9. The fourth-order valence-corrected chi connectivity index (χ4v) is 1.61. The Balaban J connectivity index is 2.79. The highest BCUT2D eigenvalue weighted by Gasteiger charge is 2.16. The van der Waals surface area contributed by atoms with Gasteiger partial charge in [-0.15, -0.1) is 0 Å².